The van der Waals surface area contributed by atoms with Gasteiger partial charge in [-0.2, -0.15) is 4.31 Å². The average Bonchev–Trinajstić information content (AvgIpc) is 3.24. The van der Waals surface area contributed by atoms with Crippen molar-refractivity contribution in [1.82, 2.24) is 9.29 Å². The van der Waals surface area contributed by atoms with E-state index in [0.717, 1.165) is 22.2 Å². The molecule has 1 amide bonds. The van der Waals surface area contributed by atoms with Crippen molar-refractivity contribution in [1.29, 1.82) is 0 Å². The summed E-state index contributed by atoms with van der Waals surface area (Å²) in [5.74, 6) is -1.00. The molecule has 1 saturated heterocycles. The Labute approximate surface area is 197 Å². The number of sulfonamides is 1. The van der Waals surface area contributed by atoms with Gasteiger partial charge in [0.1, 0.15) is 10.7 Å². The Morgan fingerprint density at radius 3 is 2.36 bits per heavy atom. The molecule has 6 nitrogen and oxygen atoms in total. The van der Waals surface area contributed by atoms with E-state index in [2.05, 4.69) is 24.1 Å². The van der Waals surface area contributed by atoms with E-state index in [9.17, 15) is 17.6 Å². The molecule has 0 radical (unpaired) electrons. The second-order valence-electron chi connectivity index (χ2n) is 8.35. The Balaban J connectivity index is 1.43. The number of anilines is 1. The van der Waals surface area contributed by atoms with Gasteiger partial charge in [0, 0.05) is 29.4 Å². The molecule has 1 aliphatic rings. The quantitative estimate of drug-likeness (QED) is 0.524. The highest BCUT2D eigenvalue weighted by molar-refractivity contribution is 7.89. The summed E-state index contributed by atoms with van der Waals surface area (Å²) < 4.78 is 40.9. The van der Waals surface area contributed by atoms with Crippen molar-refractivity contribution in [2.24, 2.45) is 5.92 Å². The number of nitrogens with zero attached hydrogens (tertiary/aromatic N) is 2. The highest BCUT2D eigenvalue weighted by atomic mass is 32.2. The second kappa shape index (κ2) is 9.70. The van der Waals surface area contributed by atoms with Crippen molar-refractivity contribution >= 4 is 32.4 Å². The van der Waals surface area contributed by atoms with E-state index < -0.39 is 15.8 Å². The number of carbonyl (C=O) groups excluding carboxylic acids is 1. The van der Waals surface area contributed by atoms with Crippen LogP contribution < -0.4 is 5.32 Å². The lowest BCUT2D eigenvalue weighted by Gasteiger charge is -2.30. The minimum Gasteiger partial charge on any atom is -0.302 e. The molecule has 33 heavy (non-hydrogen) atoms. The van der Waals surface area contributed by atoms with E-state index in [0.29, 0.717) is 18.0 Å². The summed E-state index contributed by atoms with van der Waals surface area (Å²) in [6, 6.07) is 15.2. The zero-order valence-electron chi connectivity index (χ0n) is 18.5. The van der Waals surface area contributed by atoms with Crippen molar-refractivity contribution in [3.05, 3.63) is 65.3 Å². The number of rotatable bonds is 6. The molecule has 0 saturated carbocycles. The van der Waals surface area contributed by atoms with Crippen LogP contribution in [-0.2, 0) is 14.8 Å². The van der Waals surface area contributed by atoms with Gasteiger partial charge in [-0.15, -0.1) is 11.3 Å². The van der Waals surface area contributed by atoms with Crippen LogP contribution in [0.5, 0.6) is 0 Å². The van der Waals surface area contributed by atoms with Gasteiger partial charge in [-0.05, 0) is 30.9 Å². The Hall–Kier alpha value is -2.62. The van der Waals surface area contributed by atoms with Crippen LogP contribution in [-0.4, -0.2) is 36.7 Å². The number of amides is 1. The van der Waals surface area contributed by atoms with E-state index in [-0.39, 0.29) is 35.7 Å². The van der Waals surface area contributed by atoms with Gasteiger partial charge in [0.25, 0.3) is 0 Å². The minimum atomic E-state index is -3.93. The number of halogens is 1. The molecule has 1 fully saturated rings. The number of thiazole rings is 1. The smallest absolute Gasteiger partial charge is 0.245 e. The number of benzene rings is 2. The lowest BCUT2D eigenvalue weighted by Crippen LogP contribution is -2.41. The molecule has 0 unspecified atom stereocenters. The Bertz CT molecular complexity index is 1230. The van der Waals surface area contributed by atoms with Crippen LogP contribution in [0.1, 0.15) is 37.5 Å². The molecule has 0 spiro atoms. The molecule has 0 bridgehead atoms. The molecular formula is C24H26FN3O3S2. The predicted octanol–water partition coefficient (Wildman–Crippen LogP) is 5.11. The Morgan fingerprint density at radius 2 is 1.73 bits per heavy atom. The maximum absolute atomic E-state index is 14.0. The van der Waals surface area contributed by atoms with Crippen LogP contribution in [0, 0.1) is 11.7 Å². The first-order chi connectivity index (χ1) is 15.8. The number of nitrogens with one attached hydrogen (secondary N) is 1. The number of carbonyl (C=O) groups is 1. The first-order valence-electron chi connectivity index (χ1n) is 10.9. The van der Waals surface area contributed by atoms with Crippen molar-refractivity contribution < 1.29 is 17.6 Å². The molecule has 1 N–H and O–H groups in total. The van der Waals surface area contributed by atoms with E-state index in [1.807, 2.05) is 30.3 Å². The third-order valence-electron chi connectivity index (χ3n) is 5.73. The molecule has 9 heteroatoms. The molecule has 1 aliphatic heterocycles. The summed E-state index contributed by atoms with van der Waals surface area (Å²) in [5, 5.41) is 3.48. The fraction of sp³-hybridized carbons (Fsp3) is 0.333. The molecule has 0 atom stereocenters. The number of piperidine rings is 1. The second-order valence-corrected chi connectivity index (χ2v) is 11.3. The summed E-state index contributed by atoms with van der Waals surface area (Å²) in [6.45, 7) is 4.52. The number of hydrogen-bond donors (Lipinski definition) is 1. The fourth-order valence-corrected chi connectivity index (χ4v) is 6.47. The minimum absolute atomic E-state index is 0.165. The topological polar surface area (TPSA) is 79.4 Å². The van der Waals surface area contributed by atoms with Gasteiger partial charge in [-0.3, -0.25) is 4.79 Å². The van der Waals surface area contributed by atoms with Gasteiger partial charge in [-0.1, -0.05) is 56.3 Å². The van der Waals surface area contributed by atoms with Gasteiger partial charge in [-0.25, -0.2) is 17.8 Å². The fourth-order valence-electron chi connectivity index (χ4n) is 3.94. The highest BCUT2D eigenvalue weighted by Gasteiger charge is 2.33. The van der Waals surface area contributed by atoms with Crippen molar-refractivity contribution in [2.75, 3.05) is 18.4 Å². The van der Waals surface area contributed by atoms with Crippen LogP contribution in [0.25, 0.3) is 11.3 Å². The Kier molecular flexibility index (Phi) is 6.92. The SMILES string of the molecule is CC(C)c1sc(NC(=O)C2CCN(S(=O)(=O)c3ccccc3F)CC2)nc1-c1ccccc1. The lowest BCUT2D eigenvalue weighted by atomic mass is 9.97. The zero-order valence-corrected chi connectivity index (χ0v) is 20.1. The molecule has 4 rings (SSSR count). The highest BCUT2D eigenvalue weighted by Crippen LogP contribution is 2.36. The number of aromatic nitrogens is 1. The summed E-state index contributed by atoms with van der Waals surface area (Å²) in [4.78, 5) is 18.4. The van der Waals surface area contributed by atoms with Gasteiger partial charge in [0.2, 0.25) is 15.9 Å². The van der Waals surface area contributed by atoms with Crippen molar-refractivity contribution in [3.63, 3.8) is 0 Å². The van der Waals surface area contributed by atoms with Gasteiger partial charge >= 0.3 is 0 Å². The maximum Gasteiger partial charge on any atom is 0.245 e. The lowest BCUT2D eigenvalue weighted by molar-refractivity contribution is -0.120. The van der Waals surface area contributed by atoms with Gasteiger partial charge in [0.15, 0.2) is 5.13 Å². The molecule has 3 aromatic rings. The van der Waals surface area contributed by atoms with Crippen LogP contribution in [0.2, 0.25) is 0 Å². The largest absolute Gasteiger partial charge is 0.302 e. The van der Waals surface area contributed by atoms with Crippen LogP contribution >= 0.6 is 11.3 Å². The molecule has 2 aromatic carbocycles. The van der Waals surface area contributed by atoms with Gasteiger partial charge < -0.3 is 5.32 Å². The average molecular weight is 488 g/mol. The maximum atomic E-state index is 14.0. The third kappa shape index (κ3) is 5.00. The molecular weight excluding hydrogens is 461 g/mol. The third-order valence-corrected chi connectivity index (χ3v) is 8.94. The normalized spacial score (nSPS) is 15.6. The van der Waals surface area contributed by atoms with Crippen molar-refractivity contribution in [2.45, 2.75) is 37.5 Å². The van der Waals surface area contributed by atoms with E-state index in [1.54, 1.807) is 0 Å². The van der Waals surface area contributed by atoms with Crippen molar-refractivity contribution in [3.8, 4) is 11.3 Å². The van der Waals surface area contributed by atoms with Crippen LogP contribution in [0.15, 0.2) is 59.5 Å². The zero-order chi connectivity index (χ0) is 23.6. The first-order valence-corrected chi connectivity index (χ1v) is 13.1. The standard InChI is InChI=1S/C24H26FN3O3S2/c1-16(2)22-21(17-8-4-3-5-9-17)26-24(32-22)27-23(29)18-12-14-28(15-13-18)33(30,31)20-11-7-6-10-19(20)25/h3-11,16,18H,12-15H2,1-2H3,(H,26,27,29). The van der Waals surface area contributed by atoms with Gasteiger partial charge in [0.05, 0.1) is 5.69 Å². The predicted molar refractivity (Wildman–Crippen MR) is 128 cm³/mol. The summed E-state index contributed by atoms with van der Waals surface area (Å²) in [6.07, 6.45) is 0.737. The first kappa shape index (κ1) is 23.5. The summed E-state index contributed by atoms with van der Waals surface area (Å²) in [7, 11) is -3.93. The monoisotopic (exact) mass is 487 g/mol. The van der Waals surface area contributed by atoms with E-state index in [1.165, 1.54) is 33.8 Å². The van der Waals surface area contributed by atoms with Crippen LogP contribution in [0.4, 0.5) is 9.52 Å². The number of hydrogen-bond acceptors (Lipinski definition) is 5. The molecule has 0 aliphatic carbocycles. The van der Waals surface area contributed by atoms with Crippen LogP contribution in [0.3, 0.4) is 0 Å². The summed E-state index contributed by atoms with van der Waals surface area (Å²) in [5.41, 5.74) is 1.88. The Morgan fingerprint density at radius 1 is 1.09 bits per heavy atom. The molecule has 174 valence electrons. The summed E-state index contributed by atoms with van der Waals surface area (Å²) >= 11 is 1.47. The van der Waals surface area contributed by atoms with E-state index >= 15 is 0 Å². The molecule has 1 aromatic heterocycles. The van der Waals surface area contributed by atoms with E-state index in [4.69, 9.17) is 0 Å². The molecule has 2 heterocycles.